The van der Waals surface area contributed by atoms with E-state index in [-0.39, 0.29) is 0 Å². The van der Waals surface area contributed by atoms with Crippen LogP contribution in [-0.2, 0) is 4.74 Å². The lowest BCUT2D eigenvalue weighted by Crippen LogP contribution is -2.50. The summed E-state index contributed by atoms with van der Waals surface area (Å²) in [7, 11) is 0. The van der Waals surface area contributed by atoms with Crippen LogP contribution in [0.15, 0.2) is 18.2 Å². The molecule has 0 spiro atoms. The zero-order valence-electron chi connectivity index (χ0n) is 10.1. The standard InChI is InChI=1S/C13H20N2O/c1-10-4-3-5-11(2)13(10)15-6-7-16-9-12(15)8-14/h3-5,12H,6-9,14H2,1-2H3. The maximum absolute atomic E-state index is 5.81. The minimum Gasteiger partial charge on any atom is -0.377 e. The van der Waals surface area contributed by atoms with Crippen molar-refractivity contribution in [3.63, 3.8) is 0 Å². The molecule has 1 aliphatic heterocycles. The molecule has 1 aliphatic rings. The van der Waals surface area contributed by atoms with Gasteiger partial charge in [0.15, 0.2) is 0 Å². The number of hydrogen-bond acceptors (Lipinski definition) is 3. The molecule has 1 atom stereocenters. The third-order valence-corrected chi connectivity index (χ3v) is 3.23. The molecule has 1 fully saturated rings. The number of nitrogens with two attached hydrogens (primary N) is 1. The highest BCUT2D eigenvalue weighted by atomic mass is 16.5. The first-order valence-electron chi connectivity index (χ1n) is 5.84. The highest BCUT2D eigenvalue weighted by Crippen LogP contribution is 2.27. The number of ether oxygens (including phenoxy) is 1. The Labute approximate surface area is 97.2 Å². The molecule has 1 aromatic rings. The molecule has 1 heterocycles. The first-order chi connectivity index (χ1) is 7.74. The lowest BCUT2D eigenvalue weighted by atomic mass is 10.1. The van der Waals surface area contributed by atoms with E-state index < -0.39 is 0 Å². The summed E-state index contributed by atoms with van der Waals surface area (Å²) in [6.45, 7) is 7.44. The predicted molar refractivity (Wildman–Crippen MR) is 66.9 cm³/mol. The number of morpholine rings is 1. The summed E-state index contributed by atoms with van der Waals surface area (Å²) in [5.74, 6) is 0. The summed E-state index contributed by atoms with van der Waals surface area (Å²) in [6.07, 6.45) is 0. The second kappa shape index (κ2) is 4.85. The van der Waals surface area contributed by atoms with Crippen LogP contribution in [0.5, 0.6) is 0 Å². The Balaban J connectivity index is 2.34. The highest BCUT2D eigenvalue weighted by Gasteiger charge is 2.23. The molecule has 3 nitrogen and oxygen atoms in total. The largest absolute Gasteiger partial charge is 0.377 e. The minimum atomic E-state index is 0.313. The van der Waals surface area contributed by atoms with Crippen LogP contribution >= 0.6 is 0 Å². The van der Waals surface area contributed by atoms with Gasteiger partial charge in [-0.25, -0.2) is 0 Å². The van der Waals surface area contributed by atoms with Gasteiger partial charge in [-0.2, -0.15) is 0 Å². The van der Waals surface area contributed by atoms with Crippen molar-refractivity contribution < 1.29 is 4.74 Å². The van der Waals surface area contributed by atoms with Crippen LogP contribution in [0.1, 0.15) is 11.1 Å². The smallest absolute Gasteiger partial charge is 0.0683 e. The number of nitrogens with zero attached hydrogens (tertiary/aromatic N) is 1. The Morgan fingerprint density at radius 2 is 2.06 bits per heavy atom. The van der Waals surface area contributed by atoms with Gasteiger partial charge in [0.2, 0.25) is 0 Å². The summed E-state index contributed by atoms with van der Waals surface area (Å²) in [4.78, 5) is 2.40. The maximum atomic E-state index is 5.81. The molecule has 0 aliphatic carbocycles. The molecule has 16 heavy (non-hydrogen) atoms. The molecule has 3 heteroatoms. The second-order valence-electron chi connectivity index (χ2n) is 4.40. The van der Waals surface area contributed by atoms with Crippen molar-refractivity contribution in [3.8, 4) is 0 Å². The van der Waals surface area contributed by atoms with Gasteiger partial charge in [-0.05, 0) is 25.0 Å². The van der Waals surface area contributed by atoms with E-state index in [0.717, 1.165) is 19.8 Å². The highest BCUT2D eigenvalue weighted by molar-refractivity contribution is 5.59. The van der Waals surface area contributed by atoms with E-state index in [1.54, 1.807) is 0 Å². The fraction of sp³-hybridized carbons (Fsp3) is 0.538. The van der Waals surface area contributed by atoms with Crippen LogP contribution in [-0.4, -0.2) is 32.3 Å². The molecular weight excluding hydrogens is 200 g/mol. The number of benzene rings is 1. The zero-order chi connectivity index (χ0) is 11.5. The lowest BCUT2D eigenvalue weighted by Gasteiger charge is -2.38. The molecule has 1 aromatic carbocycles. The Morgan fingerprint density at radius 1 is 1.38 bits per heavy atom. The molecule has 1 unspecified atom stereocenters. The van der Waals surface area contributed by atoms with Gasteiger partial charge in [0, 0.05) is 18.8 Å². The minimum absolute atomic E-state index is 0.313. The summed E-state index contributed by atoms with van der Waals surface area (Å²) in [6, 6.07) is 6.73. The van der Waals surface area contributed by atoms with Crippen molar-refractivity contribution in [2.75, 3.05) is 31.2 Å². The molecule has 1 saturated heterocycles. The number of anilines is 1. The fourth-order valence-corrected chi connectivity index (χ4v) is 2.40. The van der Waals surface area contributed by atoms with Crippen LogP contribution < -0.4 is 10.6 Å². The van der Waals surface area contributed by atoms with Crippen LogP contribution in [0.4, 0.5) is 5.69 Å². The van der Waals surface area contributed by atoms with Gasteiger partial charge in [0.25, 0.3) is 0 Å². The van der Waals surface area contributed by atoms with E-state index in [1.807, 2.05) is 0 Å². The summed E-state index contributed by atoms with van der Waals surface area (Å²) < 4.78 is 5.48. The van der Waals surface area contributed by atoms with Crippen LogP contribution in [0.3, 0.4) is 0 Å². The SMILES string of the molecule is Cc1cccc(C)c1N1CCOCC1CN. The Kier molecular flexibility index (Phi) is 3.46. The topological polar surface area (TPSA) is 38.5 Å². The van der Waals surface area contributed by atoms with Crippen molar-refractivity contribution in [1.82, 2.24) is 0 Å². The van der Waals surface area contributed by atoms with E-state index in [4.69, 9.17) is 10.5 Å². The summed E-state index contributed by atoms with van der Waals surface area (Å²) in [5, 5.41) is 0. The molecule has 88 valence electrons. The van der Waals surface area contributed by atoms with E-state index in [0.29, 0.717) is 12.6 Å². The second-order valence-corrected chi connectivity index (χ2v) is 4.40. The Morgan fingerprint density at radius 3 is 2.69 bits per heavy atom. The molecule has 0 radical (unpaired) electrons. The van der Waals surface area contributed by atoms with E-state index >= 15 is 0 Å². The summed E-state index contributed by atoms with van der Waals surface area (Å²) >= 11 is 0. The first kappa shape index (κ1) is 11.4. The van der Waals surface area contributed by atoms with Gasteiger partial charge < -0.3 is 15.4 Å². The number of aryl methyl sites for hydroxylation is 2. The Hall–Kier alpha value is -1.06. The van der Waals surface area contributed by atoms with Gasteiger partial charge in [-0.15, -0.1) is 0 Å². The number of rotatable bonds is 2. The zero-order valence-corrected chi connectivity index (χ0v) is 10.1. The third-order valence-electron chi connectivity index (χ3n) is 3.23. The first-order valence-corrected chi connectivity index (χ1v) is 5.84. The number of hydrogen-bond donors (Lipinski definition) is 1. The molecule has 0 aromatic heterocycles. The monoisotopic (exact) mass is 220 g/mol. The fourth-order valence-electron chi connectivity index (χ4n) is 2.40. The van der Waals surface area contributed by atoms with Crippen molar-refractivity contribution in [3.05, 3.63) is 29.3 Å². The van der Waals surface area contributed by atoms with Gasteiger partial charge >= 0.3 is 0 Å². The maximum Gasteiger partial charge on any atom is 0.0683 e. The molecule has 0 bridgehead atoms. The molecular formula is C13H20N2O. The normalized spacial score (nSPS) is 21.2. The van der Waals surface area contributed by atoms with Crippen LogP contribution in [0.25, 0.3) is 0 Å². The van der Waals surface area contributed by atoms with Crippen LogP contribution in [0, 0.1) is 13.8 Å². The van der Waals surface area contributed by atoms with Crippen molar-refractivity contribution in [2.45, 2.75) is 19.9 Å². The molecule has 0 amide bonds. The van der Waals surface area contributed by atoms with Crippen molar-refractivity contribution in [1.29, 1.82) is 0 Å². The third kappa shape index (κ3) is 2.06. The molecule has 2 rings (SSSR count). The lowest BCUT2D eigenvalue weighted by molar-refractivity contribution is 0.0961. The Bertz CT molecular complexity index is 345. The van der Waals surface area contributed by atoms with Crippen molar-refractivity contribution in [2.24, 2.45) is 5.73 Å². The van der Waals surface area contributed by atoms with E-state index in [2.05, 4.69) is 36.9 Å². The average Bonchev–Trinajstić information content (AvgIpc) is 2.29. The average molecular weight is 220 g/mol. The molecule has 2 N–H and O–H groups in total. The summed E-state index contributed by atoms with van der Waals surface area (Å²) in [5.41, 5.74) is 9.78. The predicted octanol–water partition coefficient (Wildman–Crippen LogP) is 1.47. The van der Waals surface area contributed by atoms with Gasteiger partial charge in [-0.3, -0.25) is 0 Å². The van der Waals surface area contributed by atoms with Crippen LogP contribution in [0.2, 0.25) is 0 Å². The van der Waals surface area contributed by atoms with Gasteiger partial charge in [0.05, 0.1) is 19.3 Å². The van der Waals surface area contributed by atoms with Gasteiger partial charge in [0.1, 0.15) is 0 Å². The van der Waals surface area contributed by atoms with Crippen molar-refractivity contribution >= 4 is 5.69 Å². The number of para-hydroxylation sites is 1. The van der Waals surface area contributed by atoms with E-state index in [1.165, 1.54) is 16.8 Å². The quantitative estimate of drug-likeness (QED) is 0.820. The van der Waals surface area contributed by atoms with Gasteiger partial charge in [-0.1, -0.05) is 18.2 Å². The van der Waals surface area contributed by atoms with E-state index in [9.17, 15) is 0 Å². The molecule has 0 saturated carbocycles.